The van der Waals surface area contributed by atoms with E-state index in [9.17, 15) is 9.59 Å². The van der Waals surface area contributed by atoms with E-state index < -0.39 is 12.0 Å². The van der Waals surface area contributed by atoms with E-state index in [0.717, 1.165) is 10.0 Å². The molecule has 4 nitrogen and oxygen atoms in total. The fourth-order valence-electron chi connectivity index (χ4n) is 1.17. The Morgan fingerprint density at radius 2 is 2.06 bits per heavy atom. The zero-order valence-electron chi connectivity index (χ0n) is 8.95. The second-order valence-corrected chi connectivity index (χ2v) is 4.41. The summed E-state index contributed by atoms with van der Waals surface area (Å²) in [5.41, 5.74) is 1.28. The molecule has 0 aliphatic rings. The highest BCUT2D eigenvalue weighted by molar-refractivity contribution is 9.10. The third-order valence-electron chi connectivity index (χ3n) is 2.16. The van der Waals surface area contributed by atoms with Gasteiger partial charge in [0.2, 0.25) is 0 Å². The van der Waals surface area contributed by atoms with Crippen LogP contribution in [0.1, 0.15) is 22.8 Å². The van der Waals surface area contributed by atoms with Gasteiger partial charge in [0.1, 0.15) is 6.04 Å². The average Bonchev–Trinajstić information content (AvgIpc) is 2.21. The van der Waals surface area contributed by atoms with Gasteiger partial charge in [-0.3, -0.25) is 9.59 Å². The van der Waals surface area contributed by atoms with Crippen LogP contribution in [0.5, 0.6) is 0 Å². The highest BCUT2D eigenvalue weighted by atomic mass is 79.9. The lowest BCUT2D eigenvalue weighted by Gasteiger charge is -2.11. The number of carbonyl (C=O) groups excluding carboxylic acids is 1. The molecule has 86 valence electrons. The molecule has 0 unspecified atom stereocenters. The number of aryl methyl sites for hydroxylation is 1. The standard InChI is InChI=1S/C11H12BrNO3/c1-6-3-4-8(12)5-9(6)10(14)13-7(2)11(15)16/h3-5,7H,1-2H3,(H,13,14)(H,15,16)/t7-/m1/s1. The van der Waals surface area contributed by atoms with Crippen molar-refractivity contribution in [1.29, 1.82) is 0 Å². The average molecular weight is 286 g/mol. The van der Waals surface area contributed by atoms with Crippen molar-refractivity contribution in [2.75, 3.05) is 0 Å². The van der Waals surface area contributed by atoms with Gasteiger partial charge in [0.25, 0.3) is 5.91 Å². The molecule has 0 heterocycles. The van der Waals surface area contributed by atoms with Crippen LogP contribution in [-0.2, 0) is 4.79 Å². The summed E-state index contributed by atoms with van der Waals surface area (Å²) in [6.45, 7) is 3.22. The first-order valence-corrected chi connectivity index (χ1v) is 5.51. The number of hydrogen-bond donors (Lipinski definition) is 2. The minimum Gasteiger partial charge on any atom is -0.480 e. The van der Waals surface area contributed by atoms with Gasteiger partial charge in [-0.2, -0.15) is 0 Å². The fraction of sp³-hybridized carbons (Fsp3) is 0.273. The molecule has 1 atom stereocenters. The molecular weight excluding hydrogens is 274 g/mol. The van der Waals surface area contributed by atoms with E-state index in [1.54, 1.807) is 19.1 Å². The largest absolute Gasteiger partial charge is 0.480 e. The number of nitrogens with one attached hydrogen (secondary N) is 1. The SMILES string of the molecule is Cc1ccc(Br)cc1C(=O)N[C@H](C)C(=O)O. The Morgan fingerprint density at radius 1 is 1.44 bits per heavy atom. The van der Waals surface area contributed by atoms with Crippen LogP contribution < -0.4 is 5.32 Å². The molecule has 0 aliphatic heterocycles. The number of carboxylic acid groups (broad SMARTS) is 1. The summed E-state index contributed by atoms with van der Waals surface area (Å²) in [4.78, 5) is 22.3. The first kappa shape index (κ1) is 12.7. The molecule has 0 bridgehead atoms. The summed E-state index contributed by atoms with van der Waals surface area (Å²) in [5.74, 6) is -1.44. The monoisotopic (exact) mass is 285 g/mol. The summed E-state index contributed by atoms with van der Waals surface area (Å²) >= 11 is 3.26. The van der Waals surface area contributed by atoms with Crippen LogP contribution >= 0.6 is 15.9 Å². The third kappa shape index (κ3) is 3.06. The molecular formula is C11H12BrNO3. The molecule has 0 radical (unpaired) electrons. The number of aliphatic carboxylic acids is 1. The van der Waals surface area contributed by atoms with Crippen molar-refractivity contribution in [3.05, 3.63) is 33.8 Å². The van der Waals surface area contributed by atoms with Crippen molar-refractivity contribution in [2.45, 2.75) is 19.9 Å². The van der Waals surface area contributed by atoms with Gasteiger partial charge >= 0.3 is 5.97 Å². The summed E-state index contributed by atoms with van der Waals surface area (Å²) in [6.07, 6.45) is 0. The topological polar surface area (TPSA) is 66.4 Å². The lowest BCUT2D eigenvalue weighted by atomic mass is 10.1. The van der Waals surface area contributed by atoms with Gasteiger partial charge in [0.05, 0.1) is 0 Å². The first-order chi connectivity index (χ1) is 7.41. The highest BCUT2D eigenvalue weighted by Crippen LogP contribution is 2.16. The van der Waals surface area contributed by atoms with Crippen molar-refractivity contribution < 1.29 is 14.7 Å². The minimum absolute atomic E-state index is 0.381. The molecule has 0 spiro atoms. The van der Waals surface area contributed by atoms with Crippen LogP contribution in [0, 0.1) is 6.92 Å². The van der Waals surface area contributed by atoms with Gasteiger partial charge in [-0.1, -0.05) is 22.0 Å². The summed E-state index contributed by atoms with van der Waals surface area (Å²) in [6, 6.07) is 4.39. The van der Waals surface area contributed by atoms with E-state index in [4.69, 9.17) is 5.11 Å². The van der Waals surface area contributed by atoms with Crippen LogP contribution in [0.2, 0.25) is 0 Å². The Labute approximate surface area is 102 Å². The molecule has 1 aromatic rings. The van der Waals surface area contributed by atoms with E-state index in [1.165, 1.54) is 6.92 Å². The Morgan fingerprint density at radius 3 is 2.62 bits per heavy atom. The minimum atomic E-state index is -1.05. The molecule has 0 saturated heterocycles. The van der Waals surface area contributed by atoms with Gasteiger partial charge in [-0.15, -0.1) is 0 Å². The molecule has 1 rings (SSSR count). The normalized spacial score (nSPS) is 11.9. The number of carboxylic acids is 1. The molecule has 16 heavy (non-hydrogen) atoms. The lowest BCUT2D eigenvalue weighted by Crippen LogP contribution is -2.38. The Kier molecular flexibility index (Phi) is 4.06. The zero-order valence-corrected chi connectivity index (χ0v) is 10.5. The summed E-state index contributed by atoms with van der Waals surface area (Å²) in [7, 11) is 0. The quantitative estimate of drug-likeness (QED) is 0.892. The van der Waals surface area contributed by atoms with Gasteiger partial charge in [0, 0.05) is 10.0 Å². The maximum Gasteiger partial charge on any atom is 0.325 e. The third-order valence-corrected chi connectivity index (χ3v) is 2.66. The zero-order chi connectivity index (χ0) is 12.3. The van der Waals surface area contributed by atoms with Crippen molar-refractivity contribution in [2.24, 2.45) is 0 Å². The predicted octanol–water partition coefficient (Wildman–Crippen LogP) is 1.96. The molecule has 2 N–H and O–H groups in total. The molecule has 0 saturated carbocycles. The number of benzene rings is 1. The van der Waals surface area contributed by atoms with Gasteiger partial charge in [0.15, 0.2) is 0 Å². The lowest BCUT2D eigenvalue weighted by molar-refractivity contribution is -0.138. The van der Waals surface area contributed by atoms with Crippen LogP contribution in [0.4, 0.5) is 0 Å². The molecule has 5 heteroatoms. The summed E-state index contributed by atoms with van der Waals surface area (Å²) < 4.78 is 0.784. The predicted molar refractivity (Wildman–Crippen MR) is 63.4 cm³/mol. The Bertz CT molecular complexity index is 431. The van der Waals surface area contributed by atoms with Crippen molar-refractivity contribution >= 4 is 27.8 Å². The Hall–Kier alpha value is -1.36. The van der Waals surface area contributed by atoms with Gasteiger partial charge < -0.3 is 10.4 Å². The molecule has 0 fully saturated rings. The van der Waals surface area contributed by atoms with E-state index in [2.05, 4.69) is 21.2 Å². The van der Waals surface area contributed by atoms with Crippen LogP contribution in [0.3, 0.4) is 0 Å². The van der Waals surface area contributed by atoms with Gasteiger partial charge in [-0.05, 0) is 31.5 Å². The van der Waals surface area contributed by atoms with Crippen LogP contribution in [0.25, 0.3) is 0 Å². The van der Waals surface area contributed by atoms with E-state index >= 15 is 0 Å². The van der Waals surface area contributed by atoms with Crippen molar-refractivity contribution in [3.8, 4) is 0 Å². The maximum atomic E-state index is 11.7. The maximum absolute atomic E-state index is 11.7. The molecule has 1 aromatic carbocycles. The first-order valence-electron chi connectivity index (χ1n) is 4.71. The fourth-order valence-corrected chi connectivity index (χ4v) is 1.54. The molecule has 1 amide bonds. The van der Waals surface area contributed by atoms with E-state index in [-0.39, 0.29) is 5.91 Å². The van der Waals surface area contributed by atoms with Crippen molar-refractivity contribution in [1.82, 2.24) is 5.32 Å². The van der Waals surface area contributed by atoms with Crippen LogP contribution in [0.15, 0.2) is 22.7 Å². The molecule has 0 aromatic heterocycles. The number of hydrogen-bond acceptors (Lipinski definition) is 2. The van der Waals surface area contributed by atoms with Crippen LogP contribution in [-0.4, -0.2) is 23.0 Å². The summed E-state index contributed by atoms with van der Waals surface area (Å²) in [5, 5.41) is 11.1. The van der Waals surface area contributed by atoms with Crippen molar-refractivity contribution in [3.63, 3.8) is 0 Å². The number of rotatable bonds is 3. The second kappa shape index (κ2) is 5.12. The smallest absolute Gasteiger partial charge is 0.325 e. The molecule has 0 aliphatic carbocycles. The van der Waals surface area contributed by atoms with E-state index in [0.29, 0.717) is 5.56 Å². The highest BCUT2D eigenvalue weighted by Gasteiger charge is 2.16. The number of amides is 1. The number of halogens is 1. The Balaban J connectivity index is 2.88. The van der Waals surface area contributed by atoms with Gasteiger partial charge in [-0.25, -0.2) is 0 Å². The number of carbonyl (C=O) groups is 2. The van der Waals surface area contributed by atoms with E-state index in [1.807, 2.05) is 6.07 Å². The second-order valence-electron chi connectivity index (χ2n) is 3.49.